The van der Waals surface area contributed by atoms with E-state index in [1.165, 1.54) is 24.2 Å². The molecule has 3 heteroatoms. The summed E-state index contributed by atoms with van der Waals surface area (Å²) in [6.45, 7) is 0. The van der Waals surface area contributed by atoms with Crippen LogP contribution in [0, 0.1) is 0 Å². The smallest absolute Gasteiger partial charge is 0.0423 e. The molecule has 12 heavy (non-hydrogen) atoms. The summed E-state index contributed by atoms with van der Waals surface area (Å²) in [6.07, 6.45) is 2.63. The van der Waals surface area contributed by atoms with Crippen LogP contribution in [0.4, 0.5) is 0 Å². The first-order chi connectivity index (χ1) is 5.88. The highest BCUT2D eigenvalue weighted by Gasteiger charge is 2.23. The molecule has 1 saturated heterocycles. The Morgan fingerprint density at radius 3 is 3.08 bits per heavy atom. The molecule has 2 atom stereocenters. The molecule has 2 N–H and O–H groups in total. The van der Waals surface area contributed by atoms with Gasteiger partial charge < -0.3 is 5.73 Å². The highest BCUT2D eigenvalue weighted by atomic mass is 32.2. The molecule has 0 spiro atoms. The highest BCUT2D eigenvalue weighted by Crippen LogP contribution is 2.34. The van der Waals surface area contributed by atoms with Crippen molar-refractivity contribution in [3.8, 4) is 0 Å². The van der Waals surface area contributed by atoms with Gasteiger partial charge in [-0.1, -0.05) is 0 Å². The van der Waals surface area contributed by atoms with Crippen LogP contribution < -0.4 is 5.73 Å². The van der Waals surface area contributed by atoms with Gasteiger partial charge >= 0.3 is 0 Å². The van der Waals surface area contributed by atoms with Crippen molar-refractivity contribution >= 4 is 23.1 Å². The Labute approximate surface area is 81.4 Å². The van der Waals surface area contributed by atoms with Crippen molar-refractivity contribution in [2.45, 2.75) is 24.1 Å². The Kier molecular flexibility index (Phi) is 2.73. The molecule has 0 bridgehead atoms. The summed E-state index contributed by atoms with van der Waals surface area (Å²) in [5, 5.41) is 4.94. The second kappa shape index (κ2) is 3.81. The molecule has 0 saturated carbocycles. The van der Waals surface area contributed by atoms with Crippen molar-refractivity contribution in [3.63, 3.8) is 0 Å². The third-order valence-corrected chi connectivity index (χ3v) is 4.48. The highest BCUT2D eigenvalue weighted by molar-refractivity contribution is 8.00. The minimum absolute atomic E-state index is 0.267. The molecule has 1 aromatic heterocycles. The Bertz CT molecular complexity index is 227. The Balaban J connectivity index is 2.04. The summed E-state index contributed by atoms with van der Waals surface area (Å²) >= 11 is 3.77. The van der Waals surface area contributed by atoms with E-state index in [-0.39, 0.29) is 6.04 Å². The number of hydrogen-bond donors (Lipinski definition) is 1. The third kappa shape index (κ3) is 1.68. The van der Waals surface area contributed by atoms with Crippen molar-refractivity contribution in [2.24, 2.45) is 5.73 Å². The Hall–Kier alpha value is 0.01000. The molecule has 2 unspecified atom stereocenters. The van der Waals surface area contributed by atoms with Crippen molar-refractivity contribution in [3.05, 3.63) is 22.4 Å². The van der Waals surface area contributed by atoms with Crippen LogP contribution in [0.15, 0.2) is 16.8 Å². The molecule has 66 valence electrons. The summed E-state index contributed by atoms with van der Waals surface area (Å²) in [5.41, 5.74) is 7.45. The van der Waals surface area contributed by atoms with E-state index < -0.39 is 0 Å². The Morgan fingerprint density at radius 2 is 2.50 bits per heavy atom. The lowest BCUT2D eigenvalue weighted by Crippen LogP contribution is -2.20. The zero-order valence-electron chi connectivity index (χ0n) is 6.90. The van der Waals surface area contributed by atoms with E-state index in [1.807, 2.05) is 11.8 Å². The van der Waals surface area contributed by atoms with Crippen molar-refractivity contribution < 1.29 is 0 Å². The van der Waals surface area contributed by atoms with Crippen LogP contribution in [-0.2, 0) is 0 Å². The minimum atomic E-state index is 0.267. The average molecular weight is 199 g/mol. The topological polar surface area (TPSA) is 26.0 Å². The van der Waals surface area contributed by atoms with E-state index in [9.17, 15) is 0 Å². The maximum Gasteiger partial charge on any atom is 0.0423 e. The normalized spacial score (nSPS) is 25.9. The van der Waals surface area contributed by atoms with Gasteiger partial charge in [0.2, 0.25) is 0 Å². The van der Waals surface area contributed by atoms with Gasteiger partial charge in [0.05, 0.1) is 0 Å². The predicted octanol–water partition coefficient (Wildman–Crippen LogP) is 2.64. The molecule has 1 aromatic rings. The quantitative estimate of drug-likeness (QED) is 0.792. The van der Waals surface area contributed by atoms with Crippen molar-refractivity contribution in [1.82, 2.24) is 0 Å². The lowest BCUT2D eigenvalue weighted by atomic mass is 10.1. The molecular formula is C9H13NS2. The molecule has 0 amide bonds. The van der Waals surface area contributed by atoms with Crippen molar-refractivity contribution in [1.29, 1.82) is 0 Å². The number of rotatable bonds is 2. The predicted molar refractivity (Wildman–Crippen MR) is 56.7 cm³/mol. The van der Waals surface area contributed by atoms with Crippen LogP contribution in [0.2, 0.25) is 0 Å². The van der Waals surface area contributed by atoms with Crippen LogP contribution in [0.3, 0.4) is 0 Å². The van der Waals surface area contributed by atoms with Crippen LogP contribution in [0.1, 0.15) is 24.4 Å². The van der Waals surface area contributed by atoms with Gasteiger partial charge in [-0.05, 0) is 41.0 Å². The second-order valence-electron chi connectivity index (χ2n) is 3.13. The fraction of sp³-hybridized carbons (Fsp3) is 0.556. The van der Waals surface area contributed by atoms with E-state index in [4.69, 9.17) is 5.73 Å². The third-order valence-electron chi connectivity index (χ3n) is 2.29. The summed E-state index contributed by atoms with van der Waals surface area (Å²) in [5.74, 6) is 1.29. The Morgan fingerprint density at radius 1 is 1.58 bits per heavy atom. The van der Waals surface area contributed by atoms with Crippen LogP contribution >= 0.6 is 23.1 Å². The van der Waals surface area contributed by atoms with E-state index in [0.717, 1.165) is 0 Å². The molecule has 0 aromatic carbocycles. The molecule has 1 aliphatic heterocycles. The fourth-order valence-corrected chi connectivity index (χ4v) is 3.61. The zero-order chi connectivity index (χ0) is 8.39. The minimum Gasteiger partial charge on any atom is -0.323 e. The lowest BCUT2D eigenvalue weighted by molar-refractivity contribution is 0.647. The number of nitrogens with two attached hydrogens (primary N) is 1. The van der Waals surface area contributed by atoms with Gasteiger partial charge in [0, 0.05) is 11.3 Å². The molecule has 2 rings (SSSR count). The first-order valence-corrected chi connectivity index (χ1v) is 6.26. The number of thioether (sulfide) groups is 1. The van der Waals surface area contributed by atoms with Gasteiger partial charge in [0.25, 0.3) is 0 Å². The number of hydrogen-bond acceptors (Lipinski definition) is 3. The maximum atomic E-state index is 6.13. The standard InChI is InChI=1S/C9H13NS2/c10-9(7-3-5-11-6-7)8-2-1-4-12-8/h3,5-6,8-9H,1-2,4,10H2. The van der Waals surface area contributed by atoms with Gasteiger partial charge in [-0.15, -0.1) is 0 Å². The first kappa shape index (κ1) is 8.60. The largest absolute Gasteiger partial charge is 0.323 e. The van der Waals surface area contributed by atoms with E-state index >= 15 is 0 Å². The second-order valence-corrected chi connectivity index (χ2v) is 5.26. The molecule has 0 radical (unpaired) electrons. The maximum absolute atomic E-state index is 6.13. The van der Waals surface area contributed by atoms with Gasteiger partial charge in [-0.3, -0.25) is 0 Å². The van der Waals surface area contributed by atoms with Gasteiger partial charge in [0.1, 0.15) is 0 Å². The van der Waals surface area contributed by atoms with Crippen molar-refractivity contribution in [2.75, 3.05) is 5.75 Å². The summed E-state index contributed by atoms with van der Waals surface area (Å²) in [6, 6.07) is 2.41. The molecule has 1 fully saturated rings. The van der Waals surface area contributed by atoms with Crippen LogP contribution in [-0.4, -0.2) is 11.0 Å². The lowest BCUT2D eigenvalue weighted by Gasteiger charge is -2.16. The summed E-state index contributed by atoms with van der Waals surface area (Å²) < 4.78 is 0. The van der Waals surface area contributed by atoms with Gasteiger partial charge in [0.15, 0.2) is 0 Å². The monoisotopic (exact) mass is 199 g/mol. The summed E-state index contributed by atoms with van der Waals surface area (Å²) in [7, 11) is 0. The van der Waals surface area contributed by atoms with Crippen LogP contribution in [0.25, 0.3) is 0 Å². The molecule has 1 aliphatic rings. The molecular weight excluding hydrogens is 186 g/mol. The fourth-order valence-electron chi connectivity index (χ4n) is 1.57. The van der Waals surface area contributed by atoms with E-state index in [2.05, 4.69) is 16.8 Å². The molecule has 0 aliphatic carbocycles. The average Bonchev–Trinajstić information content (AvgIpc) is 2.77. The zero-order valence-corrected chi connectivity index (χ0v) is 8.53. The van der Waals surface area contributed by atoms with Gasteiger partial charge in [-0.2, -0.15) is 23.1 Å². The van der Waals surface area contributed by atoms with E-state index in [1.54, 1.807) is 11.3 Å². The first-order valence-electron chi connectivity index (χ1n) is 4.27. The summed E-state index contributed by atoms with van der Waals surface area (Å²) in [4.78, 5) is 0. The van der Waals surface area contributed by atoms with E-state index in [0.29, 0.717) is 5.25 Å². The van der Waals surface area contributed by atoms with Gasteiger partial charge in [-0.25, -0.2) is 0 Å². The molecule has 1 nitrogen and oxygen atoms in total. The SMILES string of the molecule is NC(c1ccsc1)C1CCCS1. The van der Waals surface area contributed by atoms with Crippen LogP contribution in [0.5, 0.6) is 0 Å². The molecule has 2 heterocycles. The number of thiophene rings is 1.